The first-order valence-electron chi connectivity index (χ1n) is 4.28. The van der Waals surface area contributed by atoms with Crippen LogP contribution in [0.4, 0.5) is 13.2 Å². The summed E-state index contributed by atoms with van der Waals surface area (Å²) in [5.74, 6) is -0.772. The molecule has 1 atom stereocenters. The predicted molar refractivity (Wildman–Crippen MR) is 47.6 cm³/mol. The van der Waals surface area contributed by atoms with Crippen molar-refractivity contribution >= 4 is 5.91 Å². The zero-order chi connectivity index (χ0) is 12.3. The van der Waals surface area contributed by atoms with E-state index in [1.807, 2.05) is 0 Å². The van der Waals surface area contributed by atoms with Crippen molar-refractivity contribution in [3.8, 4) is 0 Å². The van der Waals surface area contributed by atoms with Crippen molar-refractivity contribution in [3.63, 3.8) is 0 Å². The van der Waals surface area contributed by atoms with Crippen LogP contribution in [-0.2, 0) is 9.63 Å². The summed E-state index contributed by atoms with van der Waals surface area (Å²) in [6.07, 6.45) is -4.47. The van der Waals surface area contributed by atoms with Crippen LogP contribution in [0.5, 0.6) is 0 Å². The highest BCUT2D eigenvalue weighted by Gasteiger charge is 2.31. The van der Waals surface area contributed by atoms with Gasteiger partial charge in [-0.05, 0) is 5.41 Å². The molecule has 7 heteroatoms. The average Bonchev–Trinajstić information content (AvgIpc) is 1.98. The minimum Gasteiger partial charge on any atom is -0.319 e. The van der Waals surface area contributed by atoms with E-state index in [0.29, 0.717) is 0 Å². The molecule has 0 bridgehead atoms. The van der Waals surface area contributed by atoms with Gasteiger partial charge in [0.2, 0.25) is 0 Å². The fourth-order valence-electron chi connectivity index (χ4n) is 0.646. The normalized spacial score (nSPS) is 14.9. The maximum absolute atomic E-state index is 11.6. The number of hydrogen-bond acceptors (Lipinski definition) is 3. The van der Waals surface area contributed by atoms with E-state index in [0.717, 1.165) is 0 Å². The van der Waals surface area contributed by atoms with Gasteiger partial charge >= 0.3 is 6.18 Å². The van der Waals surface area contributed by atoms with Gasteiger partial charge in [0.15, 0.2) is 6.61 Å². The molecule has 0 heterocycles. The lowest BCUT2D eigenvalue weighted by Crippen LogP contribution is -2.49. The van der Waals surface area contributed by atoms with Crippen molar-refractivity contribution in [3.05, 3.63) is 0 Å². The van der Waals surface area contributed by atoms with Gasteiger partial charge in [-0.3, -0.25) is 9.63 Å². The Balaban J connectivity index is 3.96. The predicted octanol–water partition coefficient (Wildman–Crippen LogP) is 0.970. The highest BCUT2D eigenvalue weighted by atomic mass is 19.4. The van der Waals surface area contributed by atoms with Crippen LogP contribution in [0.15, 0.2) is 0 Å². The second kappa shape index (κ2) is 4.80. The Labute approximate surface area is 85.9 Å². The number of hydroxylamine groups is 1. The summed E-state index contributed by atoms with van der Waals surface area (Å²) in [4.78, 5) is 15.1. The molecule has 0 aromatic carbocycles. The van der Waals surface area contributed by atoms with Crippen molar-refractivity contribution in [1.82, 2.24) is 5.48 Å². The molecular formula is C8H15F3N2O2. The maximum atomic E-state index is 11.6. The Kier molecular flexibility index (Phi) is 4.54. The maximum Gasteiger partial charge on any atom is 0.414 e. The molecule has 1 amide bonds. The minimum absolute atomic E-state index is 0.536. The van der Waals surface area contributed by atoms with Gasteiger partial charge in [-0.1, -0.05) is 20.8 Å². The Morgan fingerprint density at radius 1 is 1.40 bits per heavy atom. The summed E-state index contributed by atoms with van der Waals surface area (Å²) in [5, 5.41) is 0. The number of nitrogens with two attached hydrogens (primary N) is 1. The molecule has 0 aliphatic heterocycles. The summed E-state index contributed by atoms with van der Waals surface area (Å²) in [6.45, 7) is 3.55. The lowest BCUT2D eigenvalue weighted by atomic mass is 9.87. The van der Waals surface area contributed by atoms with Crippen LogP contribution in [0.2, 0.25) is 0 Å². The molecule has 0 spiro atoms. The summed E-state index contributed by atoms with van der Waals surface area (Å²) < 4.78 is 34.9. The van der Waals surface area contributed by atoms with Gasteiger partial charge in [0.1, 0.15) is 0 Å². The lowest BCUT2D eigenvalue weighted by molar-refractivity contribution is -0.192. The van der Waals surface area contributed by atoms with Gasteiger partial charge in [-0.15, -0.1) is 0 Å². The topological polar surface area (TPSA) is 64.4 Å². The van der Waals surface area contributed by atoms with Gasteiger partial charge in [0.25, 0.3) is 5.91 Å². The van der Waals surface area contributed by atoms with Crippen LogP contribution in [0.1, 0.15) is 20.8 Å². The van der Waals surface area contributed by atoms with Gasteiger partial charge in [0, 0.05) is 0 Å². The monoisotopic (exact) mass is 228 g/mol. The largest absolute Gasteiger partial charge is 0.414 e. The highest BCUT2D eigenvalue weighted by molar-refractivity contribution is 5.81. The third kappa shape index (κ3) is 6.29. The van der Waals surface area contributed by atoms with Crippen LogP contribution in [0.25, 0.3) is 0 Å². The van der Waals surface area contributed by atoms with Crippen LogP contribution in [0.3, 0.4) is 0 Å². The summed E-state index contributed by atoms with van der Waals surface area (Å²) in [7, 11) is 0. The second-order valence-electron chi connectivity index (χ2n) is 4.21. The fourth-order valence-corrected chi connectivity index (χ4v) is 0.646. The molecular weight excluding hydrogens is 213 g/mol. The third-order valence-corrected chi connectivity index (χ3v) is 1.62. The van der Waals surface area contributed by atoms with Gasteiger partial charge in [0.05, 0.1) is 6.04 Å². The van der Waals surface area contributed by atoms with Crippen LogP contribution < -0.4 is 11.2 Å². The van der Waals surface area contributed by atoms with Gasteiger partial charge < -0.3 is 5.73 Å². The van der Waals surface area contributed by atoms with Crippen molar-refractivity contribution in [2.24, 2.45) is 11.1 Å². The Bertz CT molecular complexity index is 223. The number of hydrogen-bond donors (Lipinski definition) is 2. The average molecular weight is 228 g/mol. The molecule has 4 nitrogen and oxygen atoms in total. The molecule has 0 unspecified atom stereocenters. The number of nitrogens with one attached hydrogen (secondary N) is 1. The summed E-state index contributed by atoms with van der Waals surface area (Å²) in [5.41, 5.74) is 6.60. The van der Waals surface area contributed by atoms with E-state index in [1.165, 1.54) is 0 Å². The molecule has 0 radical (unpaired) electrons. The zero-order valence-corrected chi connectivity index (χ0v) is 8.81. The van der Waals surface area contributed by atoms with Gasteiger partial charge in [-0.2, -0.15) is 13.2 Å². The van der Waals surface area contributed by atoms with E-state index in [4.69, 9.17) is 5.73 Å². The Morgan fingerprint density at radius 2 is 1.87 bits per heavy atom. The van der Waals surface area contributed by atoms with E-state index in [9.17, 15) is 18.0 Å². The lowest BCUT2D eigenvalue weighted by Gasteiger charge is -2.25. The molecule has 0 fully saturated rings. The fraction of sp³-hybridized carbons (Fsp3) is 0.875. The standard InChI is InChI=1S/C8H15F3N2O2/c1-7(2,3)5(12)6(14)13-15-4-8(9,10)11/h5H,4,12H2,1-3H3,(H,13,14)/t5-/m0/s1. The zero-order valence-electron chi connectivity index (χ0n) is 8.81. The van der Waals surface area contributed by atoms with E-state index >= 15 is 0 Å². The molecule has 0 aliphatic rings. The minimum atomic E-state index is -4.47. The third-order valence-electron chi connectivity index (χ3n) is 1.62. The van der Waals surface area contributed by atoms with Crippen molar-refractivity contribution < 1.29 is 22.8 Å². The molecule has 0 saturated heterocycles. The molecule has 0 aliphatic carbocycles. The van der Waals surface area contributed by atoms with Gasteiger partial charge in [-0.25, -0.2) is 5.48 Å². The van der Waals surface area contributed by atoms with Crippen LogP contribution >= 0.6 is 0 Å². The first-order valence-corrected chi connectivity index (χ1v) is 4.28. The van der Waals surface area contributed by atoms with Crippen molar-refractivity contribution in [2.75, 3.05) is 6.61 Å². The van der Waals surface area contributed by atoms with Crippen molar-refractivity contribution in [2.45, 2.75) is 33.0 Å². The SMILES string of the molecule is CC(C)(C)[C@@H](N)C(=O)NOCC(F)(F)F. The Hall–Kier alpha value is -0.820. The molecule has 0 saturated carbocycles. The van der Waals surface area contributed by atoms with E-state index in [1.54, 1.807) is 26.3 Å². The molecule has 0 rings (SSSR count). The molecule has 15 heavy (non-hydrogen) atoms. The molecule has 0 aromatic rings. The first-order chi connectivity index (χ1) is 6.54. The van der Waals surface area contributed by atoms with Crippen molar-refractivity contribution in [1.29, 1.82) is 0 Å². The second-order valence-corrected chi connectivity index (χ2v) is 4.21. The molecule has 3 N–H and O–H groups in total. The smallest absolute Gasteiger partial charge is 0.319 e. The van der Waals surface area contributed by atoms with E-state index in [2.05, 4.69) is 4.84 Å². The summed E-state index contributed by atoms with van der Waals surface area (Å²) in [6, 6.07) is -0.925. The Morgan fingerprint density at radius 3 is 2.20 bits per heavy atom. The number of alkyl halides is 3. The van der Waals surface area contributed by atoms with Crippen LogP contribution in [0, 0.1) is 5.41 Å². The first kappa shape index (κ1) is 14.2. The number of carbonyl (C=O) groups is 1. The number of carbonyl (C=O) groups excluding carboxylic acids is 1. The molecule has 90 valence electrons. The number of rotatable bonds is 3. The van der Waals surface area contributed by atoms with E-state index < -0.39 is 30.1 Å². The highest BCUT2D eigenvalue weighted by Crippen LogP contribution is 2.17. The van der Waals surface area contributed by atoms with Crippen LogP contribution in [-0.4, -0.2) is 24.7 Å². The quantitative estimate of drug-likeness (QED) is 0.707. The van der Waals surface area contributed by atoms with E-state index in [-0.39, 0.29) is 0 Å². The number of amides is 1. The summed E-state index contributed by atoms with van der Waals surface area (Å²) >= 11 is 0. The molecule has 0 aromatic heterocycles. The number of halogens is 3.